The lowest BCUT2D eigenvalue weighted by atomic mass is 10.2. The number of thiophene rings is 1. The van der Waals surface area contributed by atoms with Crippen LogP contribution in [-0.4, -0.2) is 5.11 Å². The highest BCUT2D eigenvalue weighted by atomic mass is 79.9. The van der Waals surface area contributed by atoms with E-state index in [0.29, 0.717) is 0 Å². The largest absolute Gasteiger partial charge is 0.386 e. The zero-order valence-corrected chi connectivity index (χ0v) is 8.94. The van der Waals surface area contributed by atoms with Gasteiger partial charge in [-0.25, -0.2) is 0 Å². The van der Waals surface area contributed by atoms with Gasteiger partial charge >= 0.3 is 0 Å². The van der Waals surface area contributed by atoms with E-state index in [1.54, 1.807) is 0 Å². The zero-order chi connectivity index (χ0) is 9.14. The molecule has 0 saturated carbocycles. The van der Waals surface area contributed by atoms with Gasteiger partial charge in [-0.2, -0.15) is 5.26 Å². The summed E-state index contributed by atoms with van der Waals surface area (Å²) in [6.07, 6.45) is -0.499. The summed E-state index contributed by atoms with van der Waals surface area (Å²) in [5.74, 6) is 0. The lowest BCUT2D eigenvalue weighted by Gasteiger charge is -2.03. The fourth-order valence-electron chi connectivity index (χ4n) is 0.854. The Labute approximate surface area is 83.6 Å². The molecule has 0 spiro atoms. The number of nitriles is 1. The van der Waals surface area contributed by atoms with Gasteiger partial charge < -0.3 is 5.11 Å². The SMILES string of the molecule is Cc1csc(C(O)CC#N)c1Br. The van der Waals surface area contributed by atoms with Gasteiger partial charge in [-0.15, -0.1) is 11.3 Å². The van der Waals surface area contributed by atoms with Crippen LogP contribution in [-0.2, 0) is 0 Å². The van der Waals surface area contributed by atoms with E-state index in [4.69, 9.17) is 5.26 Å². The van der Waals surface area contributed by atoms with Crippen molar-refractivity contribution >= 4 is 27.3 Å². The molecule has 1 aromatic heterocycles. The van der Waals surface area contributed by atoms with Crippen molar-refractivity contribution in [3.05, 3.63) is 20.3 Å². The molecule has 1 N–H and O–H groups in total. The van der Waals surface area contributed by atoms with Gasteiger partial charge in [-0.1, -0.05) is 0 Å². The second kappa shape index (κ2) is 4.04. The van der Waals surface area contributed by atoms with Crippen molar-refractivity contribution in [1.29, 1.82) is 5.26 Å². The average Bonchev–Trinajstić information content (AvgIpc) is 2.34. The molecule has 0 aliphatic heterocycles. The normalized spacial score (nSPS) is 12.5. The second-order valence-corrected chi connectivity index (χ2v) is 4.18. The second-order valence-electron chi connectivity index (χ2n) is 2.47. The summed E-state index contributed by atoms with van der Waals surface area (Å²) in [6.45, 7) is 1.96. The number of aryl methyl sites for hydroxylation is 1. The lowest BCUT2D eigenvalue weighted by molar-refractivity contribution is 0.186. The molecule has 4 heteroatoms. The molecule has 0 aromatic carbocycles. The van der Waals surface area contributed by atoms with E-state index in [1.807, 2.05) is 18.4 Å². The van der Waals surface area contributed by atoms with Crippen molar-refractivity contribution in [1.82, 2.24) is 0 Å². The first-order chi connectivity index (χ1) is 5.66. The zero-order valence-electron chi connectivity index (χ0n) is 6.54. The topological polar surface area (TPSA) is 44.0 Å². The predicted octanol–water partition coefficient (Wildman–Crippen LogP) is 2.77. The van der Waals surface area contributed by atoms with Gasteiger partial charge in [-0.05, 0) is 33.8 Å². The number of aliphatic hydroxyl groups is 1. The molecule has 0 radical (unpaired) electrons. The molecule has 0 bridgehead atoms. The van der Waals surface area contributed by atoms with Gasteiger partial charge in [0.05, 0.1) is 12.5 Å². The van der Waals surface area contributed by atoms with Crippen LogP contribution in [0.1, 0.15) is 23.0 Å². The van der Waals surface area contributed by atoms with Gasteiger partial charge in [-0.3, -0.25) is 0 Å². The van der Waals surface area contributed by atoms with Crippen LogP contribution in [0.3, 0.4) is 0 Å². The van der Waals surface area contributed by atoms with E-state index >= 15 is 0 Å². The molecule has 1 rings (SSSR count). The third kappa shape index (κ3) is 1.86. The van der Waals surface area contributed by atoms with Crippen LogP contribution >= 0.6 is 27.3 Å². The van der Waals surface area contributed by atoms with E-state index in [-0.39, 0.29) is 6.42 Å². The smallest absolute Gasteiger partial charge is 0.102 e. The van der Waals surface area contributed by atoms with Crippen LogP contribution in [0.25, 0.3) is 0 Å². The molecule has 0 fully saturated rings. The molecule has 12 heavy (non-hydrogen) atoms. The number of hydrogen-bond acceptors (Lipinski definition) is 3. The van der Waals surface area contributed by atoms with Crippen LogP contribution in [0.15, 0.2) is 9.85 Å². The van der Waals surface area contributed by atoms with Gasteiger partial charge in [0.25, 0.3) is 0 Å². The molecule has 64 valence electrons. The Balaban J connectivity index is 2.89. The third-order valence-electron chi connectivity index (χ3n) is 1.51. The summed E-state index contributed by atoms with van der Waals surface area (Å²) in [5.41, 5.74) is 1.10. The standard InChI is InChI=1S/C8H8BrNOS/c1-5-4-12-8(7(5)9)6(11)2-3-10/h4,6,11H,2H2,1H3. The predicted molar refractivity (Wildman–Crippen MR) is 51.9 cm³/mol. The summed E-state index contributed by atoms with van der Waals surface area (Å²) < 4.78 is 0.926. The average molecular weight is 246 g/mol. The molecule has 1 atom stereocenters. The molecular weight excluding hydrogens is 238 g/mol. The van der Waals surface area contributed by atoms with Crippen molar-refractivity contribution < 1.29 is 5.11 Å². The molecule has 0 aliphatic rings. The molecular formula is C8H8BrNOS. The first-order valence-corrected chi connectivity index (χ1v) is 5.12. The summed E-state index contributed by atoms with van der Waals surface area (Å²) >= 11 is 4.84. The van der Waals surface area contributed by atoms with Crippen molar-refractivity contribution in [2.24, 2.45) is 0 Å². The highest BCUT2D eigenvalue weighted by molar-refractivity contribution is 9.10. The van der Waals surface area contributed by atoms with Crippen molar-refractivity contribution in [2.75, 3.05) is 0 Å². The first kappa shape index (κ1) is 9.72. The Morgan fingerprint density at radius 1 is 1.83 bits per heavy atom. The number of halogens is 1. The molecule has 1 aromatic rings. The highest BCUT2D eigenvalue weighted by Crippen LogP contribution is 2.33. The number of rotatable bonds is 2. The molecule has 1 heterocycles. The van der Waals surface area contributed by atoms with Gasteiger partial charge in [0.1, 0.15) is 6.10 Å². The minimum atomic E-state index is -0.650. The minimum absolute atomic E-state index is 0.151. The molecule has 0 saturated heterocycles. The van der Waals surface area contributed by atoms with E-state index < -0.39 is 6.10 Å². The molecule has 2 nitrogen and oxygen atoms in total. The van der Waals surface area contributed by atoms with Crippen LogP contribution in [0.4, 0.5) is 0 Å². The first-order valence-electron chi connectivity index (χ1n) is 3.45. The Morgan fingerprint density at radius 2 is 2.50 bits per heavy atom. The minimum Gasteiger partial charge on any atom is -0.386 e. The lowest BCUT2D eigenvalue weighted by Crippen LogP contribution is -1.92. The number of hydrogen-bond donors (Lipinski definition) is 1. The van der Waals surface area contributed by atoms with Crippen molar-refractivity contribution in [3.63, 3.8) is 0 Å². The van der Waals surface area contributed by atoms with Gasteiger partial charge in [0, 0.05) is 9.35 Å². The van der Waals surface area contributed by atoms with Crippen LogP contribution in [0.5, 0.6) is 0 Å². The summed E-state index contributed by atoms with van der Waals surface area (Å²) in [7, 11) is 0. The summed E-state index contributed by atoms with van der Waals surface area (Å²) in [4.78, 5) is 0.842. The van der Waals surface area contributed by atoms with Crippen molar-refractivity contribution in [3.8, 4) is 6.07 Å². The number of nitrogens with zero attached hydrogens (tertiary/aromatic N) is 1. The molecule has 0 aliphatic carbocycles. The molecule has 0 amide bonds. The highest BCUT2D eigenvalue weighted by Gasteiger charge is 2.14. The van der Waals surface area contributed by atoms with Crippen LogP contribution in [0.2, 0.25) is 0 Å². The third-order valence-corrected chi connectivity index (χ3v) is 4.03. The Hall–Kier alpha value is -0.370. The fourth-order valence-corrected chi connectivity index (χ4v) is 2.59. The monoisotopic (exact) mass is 245 g/mol. The Kier molecular flexibility index (Phi) is 3.27. The Morgan fingerprint density at radius 3 is 2.92 bits per heavy atom. The molecule has 1 unspecified atom stereocenters. The van der Waals surface area contributed by atoms with E-state index in [0.717, 1.165) is 14.9 Å². The maximum absolute atomic E-state index is 9.47. The quantitative estimate of drug-likeness (QED) is 0.871. The van der Waals surface area contributed by atoms with Gasteiger partial charge in [0.2, 0.25) is 0 Å². The van der Waals surface area contributed by atoms with Crippen LogP contribution < -0.4 is 0 Å². The summed E-state index contributed by atoms with van der Waals surface area (Å²) in [5, 5.41) is 19.8. The van der Waals surface area contributed by atoms with E-state index in [2.05, 4.69) is 15.9 Å². The fraction of sp³-hybridized carbons (Fsp3) is 0.375. The number of aliphatic hydroxyl groups excluding tert-OH is 1. The van der Waals surface area contributed by atoms with E-state index in [1.165, 1.54) is 11.3 Å². The van der Waals surface area contributed by atoms with E-state index in [9.17, 15) is 5.11 Å². The van der Waals surface area contributed by atoms with Crippen LogP contribution in [0, 0.1) is 18.3 Å². The maximum Gasteiger partial charge on any atom is 0.102 e. The maximum atomic E-state index is 9.47. The van der Waals surface area contributed by atoms with Crippen molar-refractivity contribution in [2.45, 2.75) is 19.4 Å². The summed E-state index contributed by atoms with van der Waals surface area (Å²) in [6, 6.07) is 1.94. The van der Waals surface area contributed by atoms with Gasteiger partial charge in [0.15, 0.2) is 0 Å². The Bertz CT molecular complexity index is 315.